The van der Waals surface area contributed by atoms with Crippen molar-refractivity contribution in [3.05, 3.63) is 24.3 Å². The van der Waals surface area contributed by atoms with Gasteiger partial charge in [-0.15, -0.1) is 0 Å². The summed E-state index contributed by atoms with van der Waals surface area (Å²) in [6, 6.07) is 0. The van der Waals surface area contributed by atoms with Crippen LogP contribution in [0.25, 0.3) is 0 Å². The van der Waals surface area contributed by atoms with Crippen LogP contribution in [0, 0.1) is 0 Å². The maximum atomic E-state index is 10.3. The molecule has 0 fully saturated rings. The maximum Gasteiger partial charge on any atom is 0.303 e. The summed E-state index contributed by atoms with van der Waals surface area (Å²) in [4.78, 5) is 10.3. The van der Waals surface area contributed by atoms with Crippen molar-refractivity contribution in [3.8, 4) is 0 Å². The summed E-state index contributed by atoms with van der Waals surface area (Å²) in [5.41, 5.74) is 0. The van der Waals surface area contributed by atoms with Gasteiger partial charge in [-0.2, -0.15) is 0 Å². The Morgan fingerprint density at radius 3 is 1.76 bits per heavy atom. The zero-order valence-electron chi connectivity index (χ0n) is 13.9. The average molecular weight is 294 g/mol. The second kappa shape index (κ2) is 17.0. The molecule has 0 saturated carbocycles. The fourth-order valence-electron chi connectivity index (χ4n) is 2.27. The first-order valence-electron chi connectivity index (χ1n) is 8.79. The van der Waals surface area contributed by atoms with Gasteiger partial charge in [0.05, 0.1) is 0 Å². The summed E-state index contributed by atoms with van der Waals surface area (Å²) in [7, 11) is 0. The van der Waals surface area contributed by atoms with Crippen molar-refractivity contribution >= 4 is 5.97 Å². The van der Waals surface area contributed by atoms with Gasteiger partial charge in [-0.1, -0.05) is 76.2 Å². The molecule has 0 amide bonds. The number of unbranched alkanes of at least 4 members (excludes halogenated alkanes) is 9. The van der Waals surface area contributed by atoms with Gasteiger partial charge in [0.25, 0.3) is 0 Å². The summed E-state index contributed by atoms with van der Waals surface area (Å²) < 4.78 is 0. The molecule has 0 aliphatic rings. The summed E-state index contributed by atoms with van der Waals surface area (Å²) in [6.45, 7) is 2.26. The highest BCUT2D eigenvalue weighted by atomic mass is 16.4. The zero-order valence-corrected chi connectivity index (χ0v) is 13.9. The van der Waals surface area contributed by atoms with Gasteiger partial charge >= 0.3 is 5.97 Å². The van der Waals surface area contributed by atoms with E-state index in [1.165, 1.54) is 57.8 Å². The van der Waals surface area contributed by atoms with E-state index in [2.05, 4.69) is 25.2 Å². The van der Waals surface area contributed by atoms with Crippen LogP contribution < -0.4 is 0 Å². The van der Waals surface area contributed by atoms with Crippen LogP contribution in [0.4, 0.5) is 0 Å². The second-order valence-corrected chi connectivity index (χ2v) is 5.72. The Kier molecular flexibility index (Phi) is 16.2. The summed E-state index contributed by atoms with van der Waals surface area (Å²) in [5, 5.41) is 8.48. The number of rotatable bonds is 15. The van der Waals surface area contributed by atoms with Crippen LogP contribution in [0.15, 0.2) is 24.3 Å². The van der Waals surface area contributed by atoms with E-state index in [4.69, 9.17) is 5.11 Å². The smallest absolute Gasteiger partial charge is 0.303 e. The molecule has 0 heterocycles. The molecule has 0 bridgehead atoms. The molecule has 122 valence electrons. The maximum absolute atomic E-state index is 10.3. The topological polar surface area (TPSA) is 37.3 Å². The van der Waals surface area contributed by atoms with E-state index in [0.29, 0.717) is 6.42 Å². The Morgan fingerprint density at radius 1 is 0.714 bits per heavy atom. The monoisotopic (exact) mass is 294 g/mol. The Bertz CT molecular complexity index is 279. The minimum absolute atomic E-state index is 0.241. The molecular weight excluding hydrogens is 260 g/mol. The van der Waals surface area contributed by atoms with Gasteiger partial charge in [-0.25, -0.2) is 0 Å². The van der Waals surface area contributed by atoms with Crippen LogP contribution in [-0.2, 0) is 4.79 Å². The number of carbonyl (C=O) groups is 1. The van der Waals surface area contributed by atoms with Crippen molar-refractivity contribution in [2.24, 2.45) is 0 Å². The highest BCUT2D eigenvalue weighted by Crippen LogP contribution is 2.10. The van der Waals surface area contributed by atoms with Crippen LogP contribution >= 0.6 is 0 Å². The number of aliphatic carboxylic acids is 1. The predicted molar refractivity (Wildman–Crippen MR) is 91.6 cm³/mol. The molecule has 0 aromatic carbocycles. The number of allylic oxidation sites excluding steroid dienone is 4. The van der Waals surface area contributed by atoms with E-state index >= 15 is 0 Å². The van der Waals surface area contributed by atoms with E-state index < -0.39 is 5.97 Å². The Labute approximate surface area is 131 Å². The van der Waals surface area contributed by atoms with Crippen molar-refractivity contribution in [2.45, 2.75) is 90.4 Å². The molecule has 0 aromatic rings. The fraction of sp³-hybridized carbons (Fsp3) is 0.737. The van der Waals surface area contributed by atoms with E-state index in [1.54, 1.807) is 0 Å². The first-order chi connectivity index (χ1) is 10.3. The van der Waals surface area contributed by atoms with Crippen LogP contribution in [0.3, 0.4) is 0 Å². The van der Waals surface area contributed by atoms with E-state index in [9.17, 15) is 4.79 Å². The van der Waals surface area contributed by atoms with Gasteiger partial charge in [0.2, 0.25) is 0 Å². The molecule has 0 unspecified atom stereocenters. The standard InChI is InChI=1S/C19H34O2/c1-2-3-4-5-6-7-8-9-10-11-12-13-14-15-16-17-18-19(20)21/h11-12,15-16H,2-10,13-14,17-18H2,1H3,(H,20,21)/b12-11?,16-15+. The van der Waals surface area contributed by atoms with E-state index in [1.807, 2.05) is 6.08 Å². The molecule has 0 rings (SSSR count). The predicted octanol–water partition coefficient (Wildman–Crippen LogP) is 6.27. The lowest BCUT2D eigenvalue weighted by Gasteiger charge is -1.99. The first-order valence-corrected chi connectivity index (χ1v) is 8.79. The second-order valence-electron chi connectivity index (χ2n) is 5.72. The average Bonchev–Trinajstić information content (AvgIpc) is 2.46. The van der Waals surface area contributed by atoms with Crippen molar-refractivity contribution in [1.82, 2.24) is 0 Å². The molecule has 0 aliphatic heterocycles. The van der Waals surface area contributed by atoms with E-state index in [-0.39, 0.29) is 6.42 Å². The first kappa shape index (κ1) is 19.9. The number of hydrogen-bond donors (Lipinski definition) is 1. The lowest BCUT2D eigenvalue weighted by Crippen LogP contribution is -1.91. The number of carboxylic acids is 1. The van der Waals surface area contributed by atoms with Crippen LogP contribution in [0.5, 0.6) is 0 Å². The lowest BCUT2D eigenvalue weighted by molar-refractivity contribution is -0.136. The molecule has 0 aliphatic carbocycles. The lowest BCUT2D eigenvalue weighted by atomic mass is 10.1. The molecule has 0 aromatic heterocycles. The molecule has 0 spiro atoms. The minimum atomic E-state index is -0.718. The van der Waals surface area contributed by atoms with Gasteiger partial charge in [0, 0.05) is 6.42 Å². The Hall–Kier alpha value is -1.05. The van der Waals surface area contributed by atoms with Crippen LogP contribution in [-0.4, -0.2) is 11.1 Å². The zero-order chi connectivity index (χ0) is 15.6. The van der Waals surface area contributed by atoms with Crippen molar-refractivity contribution in [3.63, 3.8) is 0 Å². The number of carboxylic acid groups (broad SMARTS) is 1. The van der Waals surface area contributed by atoms with Crippen LogP contribution in [0.1, 0.15) is 90.4 Å². The summed E-state index contributed by atoms with van der Waals surface area (Å²) in [5.74, 6) is -0.718. The van der Waals surface area contributed by atoms with Crippen LogP contribution in [0.2, 0.25) is 0 Å². The highest BCUT2D eigenvalue weighted by molar-refractivity contribution is 5.66. The van der Waals surface area contributed by atoms with E-state index in [0.717, 1.165) is 12.8 Å². The Balaban J connectivity index is 3.17. The van der Waals surface area contributed by atoms with Crippen molar-refractivity contribution < 1.29 is 9.90 Å². The normalized spacial score (nSPS) is 11.7. The fourth-order valence-corrected chi connectivity index (χ4v) is 2.27. The molecule has 0 atom stereocenters. The molecular formula is C19H34O2. The molecule has 21 heavy (non-hydrogen) atoms. The minimum Gasteiger partial charge on any atom is -0.481 e. The number of hydrogen-bond acceptors (Lipinski definition) is 1. The third-order valence-electron chi connectivity index (χ3n) is 3.58. The highest BCUT2D eigenvalue weighted by Gasteiger charge is 1.91. The summed E-state index contributed by atoms with van der Waals surface area (Å²) in [6.07, 6.45) is 23.8. The molecule has 0 radical (unpaired) electrons. The third kappa shape index (κ3) is 18.9. The van der Waals surface area contributed by atoms with Gasteiger partial charge in [0.1, 0.15) is 0 Å². The molecule has 2 nitrogen and oxygen atoms in total. The SMILES string of the molecule is CCCCCCCCCCC=CCC/C=C/CCC(=O)O. The molecule has 1 N–H and O–H groups in total. The molecule has 0 saturated heterocycles. The van der Waals surface area contributed by atoms with Crippen molar-refractivity contribution in [1.29, 1.82) is 0 Å². The quantitative estimate of drug-likeness (QED) is 0.285. The van der Waals surface area contributed by atoms with Gasteiger partial charge in [-0.3, -0.25) is 4.79 Å². The van der Waals surface area contributed by atoms with Gasteiger partial charge in [-0.05, 0) is 32.1 Å². The molecule has 2 heteroatoms. The summed E-state index contributed by atoms with van der Waals surface area (Å²) >= 11 is 0. The van der Waals surface area contributed by atoms with Gasteiger partial charge in [0.15, 0.2) is 0 Å². The largest absolute Gasteiger partial charge is 0.481 e. The van der Waals surface area contributed by atoms with Crippen molar-refractivity contribution in [2.75, 3.05) is 0 Å². The Morgan fingerprint density at radius 2 is 1.19 bits per heavy atom. The van der Waals surface area contributed by atoms with Gasteiger partial charge < -0.3 is 5.11 Å². The third-order valence-corrected chi connectivity index (χ3v) is 3.58.